The minimum absolute atomic E-state index is 0.00880. The van der Waals surface area contributed by atoms with Gasteiger partial charge in [0, 0.05) is 11.8 Å². The first-order valence-electron chi connectivity index (χ1n) is 5.51. The Morgan fingerprint density at radius 2 is 2.06 bits per heavy atom. The molecule has 1 amide bonds. The lowest BCUT2D eigenvalue weighted by Crippen LogP contribution is -2.39. The number of rotatable bonds is 5. The molecule has 0 aliphatic heterocycles. The topological polar surface area (TPSA) is 64.4 Å². The number of carbonyl (C=O) groups is 1. The van der Waals surface area contributed by atoms with Crippen LogP contribution in [0.5, 0.6) is 5.75 Å². The van der Waals surface area contributed by atoms with Crippen LogP contribution in [0.3, 0.4) is 0 Å². The molecular weight excluding hydrogens is 242 g/mol. The number of benzene rings is 1. The second-order valence-electron chi connectivity index (χ2n) is 4.17. The highest BCUT2D eigenvalue weighted by Crippen LogP contribution is 2.19. The monoisotopic (exact) mass is 258 g/mol. The van der Waals surface area contributed by atoms with Crippen LogP contribution in [0.15, 0.2) is 24.3 Å². The van der Waals surface area contributed by atoms with E-state index in [1.54, 1.807) is 6.07 Å². The van der Waals surface area contributed by atoms with Gasteiger partial charge < -0.3 is 15.8 Å². The summed E-state index contributed by atoms with van der Waals surface area (Å²) < 4.78 is 28.3. The van der Waals surface area contributed by atoms with Crippen molar-refractivity contribution >= 4 is 11.6 Å². The molecule has 0 saturated heterocycles. The molecule has 100 valence electrons. The average Bonchev–Trinajstić information content (AvgIpc) is 2.27. The van der Waals surface area contributed by atoms with Crippen molar-refractivity contribution in [3.05, 3.63) is 24.3 Å². The van der Waals surface area contributed by atoms with Crippen LogP contribution < -0.4 is 15.8 Å². The average molecular weight is 258 g/mol. The van der Waals surface area contributed by atoms with Crippen LogP contribution in [-0.4, -0.2) is 18.6 Å². The number of ether oxygens (including phenoxy) is 1. The molecule has 4 nitrogen and oxygen atoms in total. The van der Waals surface area contributed by atoms with Crippen LogP contribution in [0, 0.1) is 5.92 Å². The molecule has 1 rings (SSSR count). The third-order valence-electron chi connectivity index (χ3n) is 2.35. The molecule has 1 aromatic carbocycles. The van der Waals surface area contributed by atoms with Crippen LogP contribution in [0.2, 0.25) is 0 Å². The van der Waals surface area contributed by atoms with Crippen molar-refractivity contribution in [2.24, 2.45) is 11.7 Å². The second-order valence-corrected chi connectivity index (χ2v) is 4.17. The van der Waals surface area contributed by atoms with Gasteiger partial charge in [-0.25, -0.2) is 0 Å². The number of amides is 1. The van der Waals surface area contributed by atoms with Gasteiger partial charge in [0.2, 0.25) is 5.91 Å². The van der Waals surface area contributed by atoms with E-state index in [1.165, 1.54) is 18.2 Å². The Labute approximate surface area is 104 Å². The summed E-state index contributed by atoms with van der Waals surface area (Å²) in [5.74, 6) is -0.384. The first-order chi connectivity index (χ1) is 8.40. The van der Waals surface area contributed by atoms with Gasteiger partial charge in [-0.1, -0.05) is 19.9 Å². The fourth-order valence-electron chi connectivity index (χ4n) is 1.28. The molecule has 0 radical (unpaired) electrons. The minimum Gasteiger partial charge on any atom is -0.435 e. The fourth-order valence-corrected chi connectivity index (χ4v) is 1.28. The minimum atomic E-state index is -2.89. The van der Waals surface area contributed by atoms with Gasteiger partial charge in [0.1, 0.15) is 5.75 Å². The van der Waals surface area contributed by atoms with Crippen molar-refractivity contribution in [2.75, 3.05) is 5.32 Å². The van der Waals surface area contributed by atoms with E-state index in [-0.39, 0.29) is 17.6 Å². The molecular formula is C12H16F2N2O2. The standard InChI is InChI=1S/C12H16F2N2O2/c1-7(2)10(15)11(17)16-8-4-3-5-9(6-8)18-12(13)14/h3-7,10,12H,15H2,1-2H3,(H,16,17)/t10-/m0/s1. The molecule has 0 fully saturated rings. The van der Waals surface area contributed by atoms with Crippen LogP contribution in [0.4, 0.5) is 14.5 Å². The smallest absolute Gasteiger partial charge is 0.387 e. The molecule has 1 atom stereocenters. The molecule has 0 saturated carbocycles. The van der Waals surface area contributed by atoms with Crippen molar-refractivity contribution in [1.29, 1.82) is 0 Å². The zero-order valence-electron chi connectivity index (χ0n) is 10.2. The van der Waals surface area contributed by atoms with Crippen LogP contribution in [0.25, 0.3) is 0 Å². The summed E-state index contributed by atoms with van der Waals surface area (Å²) in [4.78, 5) is 11.7. The summed E-state index contributed by atoms with van der Waals surface area (Å²) >= 11 is 0. The van der Waals surface area contributed by atoms with Crippen molar-refractivity contribution in [3.63, 3.8) is 0 Å². The van der Waals surface area contributed by atoms with E-state index in [4.69, 9.17) is 5.73 Å². The summed E-state index contributed by atoms with van der Waals surface area (Å²) in [6.45, 7) is 0.745. The molecule has 0 aliphatic rings. The normalized spacial score (nSPS) is 12.6. The molecule has 0 bridgehead atoms. The molecule has 3 N–H and O–H groups in total. The molecule has 0 unspecified atom stereocenters. The first kappa shape index (κ1) is 14.4. The zero-order valence-corrected chi connectivity index (χ0v) is 10.2. The Morgan fingerprint density at radius 1 is 1.39 bits per heavy atom. The Balaban J connectivity index is 2.70. The number of hydrogen-bond acceptors (Lipinski definition) is 3. The highest BCUT2D eigenvalue weighted by Gasteiger charge is 2.17. The molecule has 6 heteroatoms. The Hall–Kier alpha value is -1.69. The van der Waals surface area contributed by atoms with Crippen molar-refractivity contribution in [3.8, 4) is 5.75 Å². The maximum atomic E-state index is 12.0. The Bertz CT molecular complexity index is 411. The Morgan fingerprint density at radius 3 is 2.61 bits per heavy atom. The maximum absolute atomic E-state index is 12.0. The van der Waals surface area contributed by atoms with Gasteiger partial charge in [-0.05, 0) is 18.1 Å². The molecule has 0 spiro atoms. The summed E-state index contributed by atoms with van der Waals surface area (Å²) in [6.07, 6.45) is 0. The fraction of sp³-hybridized carbons (Fsp3) is 0.417. The van der Waals surface area contributed by atoms with E-state index in [2.05, 4.69) is 10.1 Å². The first-order valence-corrected chi connectivity index (χ1v) is 5.51. The van der Waals surface area contributed by atoms with Gasteiger partial charge in [-0.15, -0.1) is 0 Å². The van der Waals surface area contributed by atoms with Gasteiger partial charge >= 0.3 is 6.61 Å². The van der Waals surface area contributed by atoms with Crippen molar-refractivity contribution < 1.29 is 18.3 Å². The maximum Gasteiger partial charge on any atom is 0.387 e. The van der Waals surface area contributed by atoms with E-state index in [0.29, 0.717) is 5.69 Å². The third kappa shape index (κ3) is 4.29. The summed E-state index contributed by atoms with van der Waals surface area (Å²) in [7, 11) is 0. The van der Waals surface area contributed by atoms with Crippen molar-refractivity contribution in [1.82, 2.24) is 0 Å². The SMILES string of the molecule is CC(C)[C@H](N)C(=O)Nc1cccc(OC(F)F)c1. The van der Waals surface area contributed by atoms with Crippen LogP contribution in [0.1, 0.15) is 13.8 Å². The molecule has 0 aromatic heterocycles. The largest absolute Gasteiger partial charge is 0.435 e. The van der Waals surface area contributed by atoms with E-state index in [1.807, 2.05) is 13.8 Å². The number of alkyl halides is 2. The number of nitrogens with two attached hydrogens (primary N) is 1. The van der Waals surface area contributed by atoms with Gasteiger partial charge in [0.15, 0.2) is 0 Å². The number of anilines is 1. The molecule has 0 heterocycles. The third-order valence-corrected chi connectivity index (χ3v) is 2.35. The van der Waals surface area contributed by atoms with Gasteiger partial charge in [-0.3, -0.25) is 4.79 Å². The van der Waals surface area contributed by atoms with Crippen molar-refractivity contribution in [2.45, 2.75) is 26.5 Å². The lowest BCUT2D eigenvalue weighted by atomic mass is 10.0. The number of nitrogens with one attached hydrogen (secondary N) is 1. The molecule has 18 heavy (non-hydrogen) atoms. The van der Waals surface area contributed by atoms with Gasteiger partial charge in [0.05, 0.1) is 6.04 Å². The van der Waals surface area contributed by atoms with Gasteiger partial charge in [-0.2, -0.15) is 8.78 Å². The lowest BCUT2D eigenvalue weighted by Gasteiger charge is -2.15. The highest BCUT2D eigenvalue weighted by atomic mass is 19.3. The molecule has 1 aromatic rings. The van der Waals surface area contributed by atoms with E-state index < -0.39 is 12.7 Å². The number of carbonyl (C=O) groups excluding carboxylic acids is 1. The summed E-state index contributed by atoms with van der Waals surface area (Å²) in [5, 5.41) is 2.55. The predicted octanol–water partition coefficient (Wildman–Crippen LogP) is 2.21. The number of halogens is 2. The Kier molecular flexibility index (Phi) is 5.03. The molecule has 0 aliphatic carbocycles. The van der Waals surface area contributed by atoms with E-state index in [9.17, 15) is 13.6 Å². The van der Waals surface area contributed by atoms with E-state index in [0.717, 1.165) is 0 Å². The number of hydrogen-bond donors (Lipinski definition) is 2. The summed E-state index contributed by atoms with van der Waals surface area (Å²) in [5.41, 5.74) is 6.03. The highest BCUT2D eigenvalue weighted by molar-refractivity contribution is 5.94. The van der Waals surface area contributed by atoms with Crippen LogP contribution >= 0.6 is 0 Å². The van der Waals surface area contributed by atoms with Gasteiger partial charge in [0.25, 0.3) is 0 Å². The second kappa shape index (κ2) is 6.30. The quantitative estimate of drug-likeness (QED) is 0.851. The zero-order chi connectivity index (χ0) is 13.7. The van der Waals surface area contributed by atoms with Crippen LogP contribution in [-0.2, 0) is 4.79 Å². The van der Waals surface area contributed by atoms with E-state index >= 15 is 0 Å². The summed E-state index contributed by atoms with van der Waals surface area (Å²) in [6, 6.07) is 5.13. The lowest BCUT2D eigenvalue weighted by molar-refractivity contribution is -0.118. The predicted molar refractivity (Wildman–Crippen MR) is 64.5 cm³/mol.